The number of hydrogen-bond donors (Lipinski definition) is 0. The molecule has 0 spiro atoms. The molecule has 0 aromatic carbocycles. The summed E-state index contributed by atoms with van der Waals surface area (Å²) < 4.78 is 0. The van der Waals surface area contributed by atoms with Gasteiger partial charge in [-0.1, -0.05) is 25.5 Å². The van der Waals surface area contributed by atoms with Gasteiger partial charge in [0.2, 0.25) is 0 Å². The van der Waals surface area contributed by atoms with Gasteiger partial charge in [0, 0.05) is 0 Å². The predicted molar refractivity (Wildman–Crippen MR) is 64.6 cm³/mol. The van der Waals surface area contributed by atoms with E-state index in [0.717, 1.165) is 23.2 Å². The minimum atomic E-state index is 0.689. The number of allylic oxidation sites excluding steroid dienone is 2. The van der Waals surface area contributed by atoms with Crippen LogP contribution in [-0.4, -0.2) is 0 Å². The van der Waals surface area contributed by atoms with Crippen LogP contribution in [0, 0.1) is 28.6 Å². The third kappa shape index (κ3) is 0.990. The SMILES string of the molecule is CC(C)=CCC[C@@]1(C)C2C[C@@H]3[C@H](C2)C31C. The van der Waals surface area contributed by atoms with Gasteiger partial charge in [0.1, 0.15) is 0 Å². The first kappa shape index (κ1) is 9.93. The van der Waals surface area contributed by atoms with E-state index in [0.29, 0.717) is 5.41 Å². The smallest absolute Gasteiger partial charge is 0.0207 e. The van der Waals surface area contributed by atoms with Gasteiger partial charge in [0.15, 0.2) is 0 Å². The van der Waals surface area contributed by atoms with Gasteiger partial charge in [0.25, 0.3) is 0 Å². The van der Waals surface area contributed by atoms with Crippen LogP contribution < -0.4 is 0 Å². The van der Waals surface area contributed by atoms with Crippen LogP contribution in [0.5, 0.6) is 0 Å². The van der Waals surface area contributed by atoms with Crippen molar-refractivity contribution in [2.45, 2.75) is 53.4 Å². The second-order valence-electron chi connectivity index (χ2n) is 6.90. The Bertz CT molecular complexity index is 309. The standard InChI is InChI=1S/C15H24/c1-10(2)6-5-7-14(3)11-8-12-13(9-11)15(12,14)4/h6,11-13H,5,7-9H2,1-4H3/t11?,12-,13+,14-,15?/m0/s1. The molecule has 0 heteroatoms. The average molecular weight is 204 g/mol. The summed E-state index contributed by atoms with van der Waals surface area (Å²) in [5, 5.41) is 0. The van der Waals surface area contributed by atoms with E-state index in [9.17, 15) is 0 Å². The van der Waals surface area contributed by atoms with Crippen molar-refractivity contribution in [1.82, 2.24) is 0 Å². The Labute approximate surface area is 94.1 Å². The van der Waals surface area contributed by atoms with Crippen LogP contribution in [0.25, 0.3) is 0 Å². The fourth-order valence-electron chi connectivity index (χ4n) is 5.17. The Balaban J connectivity index is 1.73. The maximum atomic E-state index is 2.59. The van der Waals surface area contributed by atoms with Crippen molar-refractivity contribution in [3.8, 4) is 0 Å². The van der Waals surface area contributed by atoms with E-state index in [1.807, 2.05) is 0 Å². The predicted octanol–water partition coefficient (Wildman–Crippen LogP) is 4.42. The molecule has 0 aromatic heterocycles. The molecule has 4 aliphatic carbocycles. The number of hydrogen-bond acceptors (Lipinski definition) is 0. The first-order valence-electron chi connectivity index (χ1n) is 6.63. The van der Waals surface area contributed by atoms with Gasteiger partial charge in [-0.2, -0.15) is 0 Å². The highest BCUT2D eigenvalue weighted by molar-refractivity contribution is 5.28. The van der Waals surface area contributed by atoms with Crippen LogP contribution in [0.15, 0.2) is 11.6 Å². The van der Waals surface area contributed by atoms with Gasteiger partial charge >= 0.3 is 0 Å². The minimum absolute atomic E-state index is 0.689. The highest BCUT2D eigenvalue weighted by Gasteiger charge is 2.80. The van der Waals surface area contributed by atoms with Gasteiger partial charge < -0.3 is 0 Å². The fourth-order valence-corrected chi connectivity index (χ4v) is 5.17. The molecule has 4 saturated carbocycles. The van der Waals surface area contributed by atoms with Crippen molar-refractivity contribution >= 4 is 0 Å². The molecule has 84 valence electrons. The second-order valence-corrected chi connectivity index (χ2v) is 6.90. The second kappa shape index (κ2) is 2.70. The summed E-state index contributed by atoms with van der Waals surface area (Å²) in [5.41, 5.74) is 2.93. The molecule has 4 rings (SSSR count). The Hall–Kier alpha value is -0.260. The topological polar surface area (TPSA) is 0 Å². The van der Waals surface area contributed by atoms with Crippen LogP contribution >= 0.6 is 0 Å². The lowest BCUT2D eigenvalue weighted by molar-refractivity contribution is 0.155. The maximum absolute atomic E-state index is 2.59. The van der Waals surface area contributed by atoms with Crippen LogP contribution in [0.3, 0.4) is 0 Å². The molecule has 0 amide bonds. The Kier molecular flexibility index (Phi) is 1.79. The minimum Gasteiger partial charge on any atom is -0.0859 e. The van der Waals surface area contributed by atoms with Crippen molar-refractivity contribution in [1.29, 1.82) is 0 Å². The molecule has 4 fully saturated rings. The summed E-state index contributed by atoms with van der Waals surface area (Å²) in [6.45, 7) is 9.61. The number of rotatable bonds is 3. The Morgan fingerprint density at radius 2 is 1.80 bits per heavy atom. The zero-order valence-corrected chi connectivity index (χ0v) is 10.6. The third-order valence-electron chi connectivity index (χ3n) is 6.34. The van der Waals surface area contributed by atoms with Crippen molar-refractivity contribution in [2.24, 2.45) is 28.6 Å². The molecule has 4 aliphatic rings. The molecule has 0 nitrogen and oxygen atoms in total. The van der Waals surface area contributed by atoms with Crippen molar-refractivity contribution in [3.05, 3.63) is 11.6 Å². The van der Waals surface area contributed by atoms with Crippen LogP contribution in [0.2, 0.25) is 0 Å². The highest BCUT2D eigenvalue weighted by Crippen LogP contribution is 2.86. The summed E-state index contributed by atoms with van der Waals surface area (Å²) >= 11 is 0. The zero-order chi connectivity index (χ0) is 10.8. The van der Waals surface area contributed by atoms with Gasteiger partial charge in [-0.25, -0.2) is 0 Å². The summed E-state index contributed by atoms with van der Waals surface area (Å²) in [6, 6.07) is 0. The van der Waals surface area contributed by atoms with E-state index < -0.39 is 0 Å². The molecule has 0 aromatic rings. The van der Waals surface area contributed by atoms with Gasteiger partial charge in [0.05, 0.1) is 0 Å². The molecule has 0 radical (unpaired) electrons. The molecule has 2 unspecified atom stereocenters. The van der Waals surface area contributed by atoms with E-state index in [1.54, 1.807) is 12.8 Å². The van der Waals surface area contributed by atoms with Crippen molar-refractivity contribution < 1.29 is 0 Å². The first-order valence-corrected chi connectivity index (χ1v) is 6.63. The summed E-state index contributed by atoms with van der Waals surface area (Å²) in [7, 11) is 0. The Morgan fingerprint density at radius 1 is 1.20 bits per heavy atom. The third-order valence-corrected chi connectivity index (χ3v) is 6.34. The highest BCUT2D eigenvalue weighted by atomic mass is 14.8. The maximum Gasteiger partial charge on any atom is -0.0207 e. The lowest BCUT2D eigenvalue weighted by Crippen LogP contribution is -2.26. The van der Waals surface area contributed by atoms with Gasteiger partial charge in [-0.05, 0) is 68.1 Å². The summed E-state index contributed by atoms with van der Waals surface area (Å²) in [6.07, 6.45) is 8.30. The summed E-state index contributed by atoms with van der Waals surface area (Å²) in [5.74, 6) is 3.32. The lowest BCUT2D eigenvalue weighted by Gasteiger charge is -2.34. The largest absolute Gasteiger partial charge is 0.0859 e. The summed E-state index contributed by atoms with van der Waals surface area (Å²) in [4.78, 5) is 0. The van der Waals surface area contributed by atoms with Crippen LogP contribution in [0.4, 0.5) is 0 Å². The van der Waals surface area contributed by atoms with E-state index in [2.05, 4.69) is 33.8 Å². The normalized spacial score (nSPS) is 54.5. The monoisotopic (exact) mass is 204 g/mol. The van der Waals surface area contributed by atoms with Gasteiger partial charge in [-0.3, -0.25) is 0 Å². The van der Waals surface area contributed by atoms with E-state index in [4.69, 9.17) is 0 Å². The van der Waals surface area contributed by atoms with E-state index in [-0.39, 0.29) is 0 Å². The van der Waals surface area contributed by atoms with Crippen LogP contribution in [0.1, 0.15) is 53.4 Å². The molecule has 4 bridgehead atoms. The van der Waals surface area contributed by atoms with E-state index >= 15 is 0 Å². The molecule has 5 atom stereocenters. The van der Waals surface area contributed by atoms with Crippen molar-refractivity contribution in [3.63, 3.8) is 0 Å². The molecule has 0 heterocycles. The molecule has 0 N–H and O–H groups in total. The molecule has 0 saturated heterocycles. The first-order chi connectivity index (χ1) is 7.00. The fraction of sp³-hybridized carbons (Fsp3) is 0.867. The van der Waals surface area contributed by atoms with Crippen molar-refractivity contribution in [2.75, 3.05) is 0 Å². The molecular weight excluding hydrogens is 180 g/mol. The van der Waals surface area contributed by atoms with E-state index in [1.165, 1.54) is 18.4 Å². The van der Waals surface area contributed by atoms with Crippen LogP contribution in [-0.2, 0) is 0 Å². The molecule has 0 aliphatic heterocycles. The lowest BCUT2D eigenvalue weighted by atomic mass is 9.71. The quantitative estimate of drug-likeness (QED) is 0.597. The van der Waals surface area contributed by atoms with Gasteiger partial charge in [-0.15, -0.1) is 0 Å². The zero-order valence-electron chi connectivity index (χ0n) is 10.6. The Morgan fingerprint density at radius 3 is 2.20 bits per heavy atom. The molecule has 15 heavy (non-hydrogen) atoms. The average Bonchev–Trinajstić information content (AvgIpc) is 2.53. The molecular formula is C15H24.